The molecule has 0 unspecified atom stereocenters. The van der Waals surface area contributed by atoms with E-state index in [0.29, 0.717) is 21.6 Å². The molecule has 0 saturated carbocycles. The molecular weight excluding hydrogens is 321 g/mol. The molecule has 1 aromatic heterocycles. The van der Waals surface area contributed by atoms with Crippen LogP contribution >= 0.6 is 23.2 Å². The Bertz CT molecular complexity index is 815. The highest BCUT2D eigenvalue weighted by atomic mass is 35.5. The highest BCUT2D eigenvalue weighted by molar-refractivity contribution is 6.37. The van der Waals surface area contributed by atoms with Gasteiger partial charge in [-0.3, -0.25) is 14.7 Å². The molecule has 0 spiro atoms. The van der Waals surface area contributed by atoms with Gasteiger partial charge in [0.25, 0.3) is 5.91 Å². The Morgan fingerprint density at radius 3 is 2.59 bits per heavy atom. The van der Waals surface area contributed by atoms with Crippen molar-refractivity contribution in [1.82, 2.24) is 9.55 Å². The Morgan fingerprint density at radius 1 is 1.09 bits per heavy atom. The second-order valence-corrected chi connectivity index (χ2v) is 5.38. The Kier molecular flexibility index (Phi) is 4.13. The molecule has 1 amide bonds. The second kappa shape index (κ2) is 6.22. The maximum atomic E-state index is 12.3. The van der Waals surface area contributed by atoms with Gasteiger partial charge >= 0.3 is 0 Å². The fourth-order valence-electron chi connectivity index (χ4n) is 2.04. The van der Waals surface area contributed by atoms with Gasteiger partial charge in [0, 0.05) is 23.1 Å². The highest BCUT2D eigenvalue weighted by Crippen LogP contribution is 2.22. The zero-order chi connectivity index (χ0) is 15.5. The molecule has 0 aliphatic heterocycles. The Balaban J connectivity index is 1.88. The number of nitrogens with zero attached hydrogens (tertiary/aromatic N) is 2. The summed E-state index contributed by atoms with van der Waals surface area (Å²) in [7, 11) is 0. The molecule has 0 saturated heterocycles. The van der Waals surface area contributed by atoms with Crippen molar-refractivity contribution in [2.45, 2.75) is 0 Å². The summed E-state index contributed by atoms with van der Waals surface area (Å²) in [6.07, 6.45) is 3.39. The van der Waals surface area contributed by atoms with Crippen molar-refractivity contribution in [3.05, 3.63) is 76.5 Å². The summed E-state index contributed by atoms with van der Waals surface area (Å²) in [5.41, 5.74) is 1.24. The number of amides is 1. The van der Waals surface area contributed by atoms with Gasteiger partial charge in [-0.1, -0.05) is 41.4 Å². The van der Waals surface area contributed by atoms with Crippen molar-refractivity contribution in [2.24, 2.45) is 0 Å². The summed E-state index contributed by atoms with van der Waals surface area (Å²) in [5, 5.41) is 3.52. The molecule has 3 rings (SSSR count). The molecule has 0 fully saturated rings. The Hall–Kier alpha value is -2.30. The first-order chi connectivity index (χ1) is 10.6. The minimum atomic E-state index is -0.343. The number of hydrogen-bond donors (Lipinski definition) is 1. The van der Waals surface area contributed by atoms with Crippen molar-refractivity contribution in [3.63, 3.8) is 0 Å². The first kappa shape index (κ1) is 14.6. The number of nitrogens with one attached hydrogen (secondary N) is 1. The summed E-state index contributed by atoms with van der Waals surface area (Å²) in [6.45, 7) is 0. The zero-order valence-electron chi connectivity index (χ0n) is 11.3. The number of benzene rings is 2. The quantitative estimate of drug-likeness (QED) is 0.771. The van der Waals surface area contributed by atoms with E-state index >= 15 is 0 Å². The third-order valence-electron chi connectivity index (χ3n) is 3.08. The van der Waals surface area contributed by atoms with Crippen molar-refractivity contribution >= 4 is 35.1 Å². The van der Waals surface area contributed by atoms with Gasteiger partial charge in [0.1, 0.15) is 0 Å². The van der Waals surface area contributed by atoms with E-state index in [1.165, 1.54) is 6.07 Å². The van der Waals surface area contributed by atoms with Gasteiger partial charge in [0.2, 0.25) is 5.95 Å². The van der Waals surface area contributed by atoms with Crippen LogP contribution in [-0.2, 0) is 0 Å². The molecule has 0 aliphatic rings. The number of hydrogen-bond acceptors (Lipinski definition) is 2. The molecule has 2 aromatic carbocycles. The monoisotopic (exact) mass is 331 g/mol. The van der Waals surface area contributed by atoms with Gasteiger partial charge in [-0.2, -0.15) is 0 Å². The summed E-state index contributed by atoms with van der Waals surface area (Å²) >= 11 is 11.9. The van der Waals surface area contributed by atoms with Crippen LogP contribution in [0.2, 0.25) is 10.0 Å². The molecule has 0 radical (unpaired) electrons. The fourth-order valence-corrected chi connectivity index (χ4v) is 2.53. The normalized spacial score (nSPS) is 10.5. The van der Waals surface area contributed by atoms with E-state index in [2.05, 4.69) is 10.3 Å². The van der Waals surface area contributed by atoms with Crippen molar-refractivity contribution in [1.29, 1.82) is 0 Å². The van der Waals surface area contributed by atoms with Crippen molar-refractivity contribution in [3.8, 4) is 5.69 Å². The van der Waals surface area contributed by atoms with E-state index in [4.69, 9.17) is 23.2 Å². The lowest BCUT2D eigenvalue weighted by Gasteiger charge is -2.09. The van der Waals surface area contributed by atoms with Gasteiger partial charge in [-0.05, 0) is 30.3 Å². The third kappa shape index (κ3) is 2.98. The van der Waals surface area contributed by atoms with E-state index < -0.39 is 0 Å². The molecule has 0 bridgehead atoms. The minimum absolute atomic E-state index is 0.294. The first-order valence-corrected chi connectivity index (χ1v) is 7.26. The molecule has 22 heavy (non-hydrogen) atoms. The van der Waals surface area contributed by atoms with Crippen LogP contribution in [0.25, 0.3) is 5.69 Å². The number of anilines is 1. The number of aromatic nitrogens is 2. The van der Waals surface area contributed by atoms with Crippen LogP contribution in [0.15, 0.2) is 60.9 Å². The SMILES string of the molecule is O=C(Nc1nccn1-c1ccccc1)c1ccc(Cl)cc1Cl. The molecule has 1 N–H and O–H groups in total. The number of para-hydroxylation sites is 1. The second-order valence-electron chi connectivity index (χ2n) is 4.53. The van der Waals surface area contributed by atoms with E-state index in [0.717, 1.165) is 5.69 Å². The van der Waals surface area contributed by atoms with Gasteiger partial charge in [-0.15, -0.1) is 0 Å². The maximum Gasteiger partial charge on any atom is 0.259 e. The topological polar surface area (TPSA) is 46.9 Å². The summed E-state index contributed by atoms with van der Waals surface area (Å²) in [6, 6.07) is 14.3. The molecule has 0 atom stereocenters. The van der Waals surface area contributed by atoms with E-state index in [-0.39, 0.29) is 5.91 Å². The van der Waals surface area contributed by atoms with Crippen molar-refractivity contribution < 1.29 is 4.79 Å². The molecule has 3 aromatic rings. The molecule has 110 valence electrons. The van der Waals surface area contributed by atoms with Crippen LogP contribution in [0.1, 0.15) is 10.4 Å². The standard InChI is InChI=1S/C16H11Cl2N3O/c17-11-6-7-13(14(18)10-11)15(22)20-16-19-8-9-21(16)12-4-2-1-3-5-12/h1-10H,(H,19,20,22). The van der Waals surface area contributed by atoms with Crippen LogP contribution in [0.5, 0.6) is 0 Å². The van der Waals surface area contributed by atoms with Crippen LogP contribution in [-0.4, -0.2) is 15.5 Å². The van der Waals surface area contributed by atoms with Gasteiger partial charge in [-0.25, -0.2) is 4.98 Å². The number of imidazole rings is 1. The lowest BCUT2D eigenvalue weighted by Crippen LogP contribution is -2.15. The lowest BCUT2D eigenvalue weighted by atomic mass is 10.2. The average molecular weight is 332 g/mol. The minimum Gasteiger partial charge on any atom is -0.291 e. The number of carbonyl (C=O) groups excluding carboxylic acids is 1. The summed E-state index contributed by atoms with van der Waals surface area (Å²) < 4.78 is 1.78. The zero-order valence-corrected chi connectivity index (χ0v) is 12.8. The summed E-state index contributed by atoms with van der Waals surface area (Å²) in [4.78, 5) is 16.5. The van der Waals surface area contributed by atoms with E-state index in [1.807, 2.05) is 30.3 Å². The predicted molar refractivity (Wildman–Crippen MR) is 88.0 cm³/mol. The number of carbonyl (C=O) groups is 1. The lowest BCUT2D eigenvalue weighted by molar-refractivity contribution is 0.102. The first-order valence-electron chi connectivity index (χ1n) is 6.50. The van der Waals surface area contributed by atoms with Gasteiger partial charge in [0.05, 0.1) is 10.6 Å². The number of rotatable bonds is 3. The van der Waals surface area contributed by atoms with Gasteiger partial charge < -0.3 is 0 Å². The smallest absolute Gasteiger partial charge is 0.259 e. The van der Waals surface area contributed by atoms with Crippen LogP contribution in [0.3, 0.4) is 0 Å². The summed E-state index contributed by atoms with van der Waals surface area (Å²) in [5.74, 6) is 0.0762. The molecule has 0 aliphatic carbocycles. The largest absolute Gasteiger partial charge is 0.291 e. The Morgan fingerprint density at radius 2 is 1.86 bits per heavy atom. The molecule has 4 nitrogen and oxygen atoms in total. The van der Waals surface area contributed by atoms with Crippen molar-refractivity contribution in [2.75, 3.05) is 5.32 Å². The predicted octanol–water partition coefficient (Wildman–Crippen LogP) is 4.43. The molecule has 1 heterocycles. The van der Waals surface area contributed by atoms with Crippen LogP contribution in [0.4, 0.5) is 5.95 Å². The molecular formula is C16H11Cl2N3O. The Labute approximate surface area is 137 Å². The van der Waals surface area contributed by atoms with Gasteiger partial charge in [0.15, 0.2) is 0 Å². The van der Waals surface area contributed by atoms with Crippen LogP contribution < -0.4 is 5.32 Å². The van der Waals surface area contributed by atoms with Crippen LogP contribution in [0, 0.1) is 0 Å². The highest BCUT2D eigenvalue weighted by Gasteiger charge is 2.14. The van der Waals surface area contributed by atoms with E-state index in [1.54, 1.807) is 29.1 Å². The average Bonchev–Trinajstić information content (AvgIpc) is 2.96. The van der Waals surface area contributed by atoms with E-state index in [9.17, 15) is 4.79 Å². The molecule has 6 heteroatoms. The maximum absolute atomic E-state index is 12.3. The third-order valence-corrected chi connectivity index (χ3v) is 3.62. The number of halogens is 2. The fraction of sp³-hybridized carbons (Fsp3) is 0.